The van der Waals surface area contributed by atoms with E-state index in [0.29, 0.717) is 18.5 Å². The molecule has 2 aliphatic rings. The van der Waals surface area contributed by atoms with Gasteiger partial charge in [0.25, 0.3) is 0 Å². The number of alkyl halides is 3. The summed E-state index contributed by atoms with van der Waals surface area (Å²) in [5.41, 5.74) is 1.63. The summed E-state index contributed by atoms with van der Waals surface area (Å²) >= 11 is 0. The quantitative estimate of drug-likeness (QED) is 0.873. The van der Waals surface area contributed by atoms with E-state index in [-0.39, 0.29) is 0 Å². The fourth-order valence-corrected chi connectivity index (χ4v) is 3.70. The van der Waals surface area contributed by atoms with Gasteiger partial charge in [0.05, 0.1) is 0 Å². The van der Waals surface area contributed by atoms with Crippen LogP contribution in [0, 0.1) is 0 Å². The minimum Gasteiger partial charge on any atom is -0.323 e. The van der Waals surface area contributed by atoms with Crippen LogP contribution >= 0.6 is 0 Å². The van der Waals surface area contributed by atoms with Crippen LogP contribution in [-0.4, -0.2) is 23.7 Å². The Morgan fingerprint density at radius 3 is 2.78 bits per heavy atom. The van der Waals surface area contributed by atoms with Crippen molar-refractivity contribution in [3.63, 3.8) is 0 Å². The zero-order valence-corrected chi connectivity index (χ0v) is 12.9. The lowest BCUT2D eigenvalue weighted by Crippen LogP contribution is -2.42. The van der Waals surface area contributed by atoms with Crippen molar-refractivity contribution < 1.29 is 18.0 Å². The van der Waals surface area contributed by atoms with Crippen molar-refractivity contribution in [1.82, 2.24) is 10.2 Å². The van der Waals surface area contributed by atoms with Gasteiger partial charge in [-0.15, -0.1) is 0 Å². The highest BCUT2D eigenvalue weighted by molar-refractivity contribution is 5.83. The van der Waals surface area contributed by atoms with Crippen molar-refractivity contribution in [2.45, 2.75) is 44.3 Å². The smallest absolute Gasteiger partial charge is 0.323 e. The second-order valence-electron chi connectivity index (χ2n) is 6.05. The Kier molecular flexibility index (Phi) is 3.86. The minimum absolute atomic E-state index is 0.439. The summed E-state index contributed by atoms with van der Waals surface area (Å²) in [5, 5.41) is 2.85. The number of fused-ring (bicyclic) bond motifs is 2. The Bertz CT molecular complexity index is 653. The molecule has 1 unspecified atom stereocenters. The predicted octanol–water partition coefficient (Wildman–Crippen LogP) is 4.10. The van der Waals surface area contributed by atoms with Crippen LogP contribution in [-0.2, 0) is 12.0 Å². The molecule has 1 N–H and O–H groups in total. The van der Waals surface area contributed by atoms with E-state index < -0.39 is 24.3 Å². The molecule has 0 bridgehead atoms. The van der Waals surface area contributed by atoms with Crippen molar-refractivity contribution >= 4 is 6.03 Å². The molecule has 23 heavy (non-hydrogen) atoms. The maximum absolute atomic E-state index is 12.9. The molecule has 0 radical (unpaired) electrons. The number of hydrogen-bond acceptors (Lipinski definition) is 1. The number of benzene rings is 1. The third kappa shape index (κ3) is 2.71. The molecule has 0 aromatic heterocycles. The van der Waals surface area contributed by atoms with Crippen molar-refractivity contribution in [1.29, 1.82) is 0 Å². The number of hydrogen-bond donors (Lipinski definition) is 1. The summed E-state index contributed by atoms with van der Waals surface area (Å²) in [7, 11) is 0. The molecule has 1 heterocycles. The standard InChI is InChI=1S/C17H19F3N2O/c1-2-6-14-16(21-15(23)22(14)11-17(18,19)20)10-5-8-12-7-3-4-9-13(12)16/h3-4,6-7,9H,2,5,8,10-11H2,1H3,(H,21,23)/b14-6-. The van der Waals surface area contributed by atoms with E-state index in [0.717, 1.165) is 28.9 Å². The average molecular weight is 324 g/mol. The van der Waals surface area contributed by atoms with E-state index in [2.05, 4.69) is 5.32 Å². The highest BCUT2D eigenvalue weighted by Crippen LogP contribution is 2.46. The first-order valence-electron chi connectivity index (χ1n) is 7.83. The van der Waals surface area contributed by atoms with Gasteiger partial charge >= 0.3 is 12.2 Å². The van der Waals surface area contributed by atoms with Crippen LogP contribution < -0.4 is 5.32 Å². The summed E-state index contributed by atoms with van der Waals surface area (Å²) < 4.78 is 38.7. The number of carbonyl (C=O) groups is 1. The van der Waals surface area contributed by atoms with Crippen LogP contribution in [0.15, 0.2) is 36.0 Å². The fraction of sp³-hybridized carbons (Fsp3) is 0.471. The molecule has 1 fully saturated rings. The molecule has 124 valence electrons. The van der Waals surface area contributed by atoms with Gasteiger partial charge in [0.2, 0.25) is 0 Å². The van der Waals surface area contributed by atoms with Gasteiger partial charge < -0.3 is 5.32 Å². The molecule has 2 amide bonds. The molecule has 1 aliphatic carbocycles. The molecule has 1 saturated heterocycles. The van der Waals surface area contributed by atoms with Crippen molar-refractivity contribution in [2.75, 3.05) is 6.54 Å². The Balaban J connectivity index is 2.10. The van der Waals surface area contributed by atoms with Crippen molar-refractivity contribution in [3.8, 4) is 0 Å². The molecule has 1 aromatic carbocycles. The normalized spacial score (nSPS) is 25.8. The van der Waals surface area contributed by atoms with Crippen LogP contribution in [0.3, 0.4) is 0 Å². The Morgan fingerprint density at radius 2 is 2.09 bits per heavy atom. The Labute approximate surface area is 133 Å². The summed E-state index contributed by atoms with van der Waals surface area (Å²) in [6.45, 7) is 0.610. The van der Waals surface area contributed by atoms with E-state index in [1.54, 1.807) is 6.08 Å². The van der Waals surface area contributed by atoms with Gasteiger partial charge in [-0.1, -0.05) is 37.3 Å². The van der Waals surface area contributed by atoms with Crippen LogP contribution in [0.4, 0.5) is 18.0 Å². The summed E-state index contributed by atoms with van der Waals surface area (Å²) in [5.74, 6) is 0. The molecular weight excluding hydrogens is 305 g/mol. The average Bonchev–Trinajstić information content (AvgIpc) is 2.72. The minimum atomic E-state index is -4.43. The van der Waals surface area contributed by atoms with Crippen molar-refractivity contribution in [3.05, 3.63) is 47.2 Å². The monoisotopic (exact) mass is 324 g/mol. The number of allylic oxidation sites excluding steroid dienone is 1. The number of rotatable bonds is 2. The molecule has 1 atom stereocenters. The molecule has 6 heteroatoms. The number of urea groups is 1. The highest BCUT2D eigenvalue weighted by atomic mass is 19.4. The van der Waals surface area contributed by atoms with Crippen LogP contribution in [0.1, 0.15) is 37.3 Å². The second-order valence-corrected chi connectivity index (χ2v) is 6.05. The number of nitrogens with zero attached hydrogens (tertiary/aromatic N) is 1. The molecule has 0 saturated carbocycles. The van der Waals surface area contributed by atoms with Crippen LogP contribution in [0.2, 0.25) is 0 Å². The molecule has 1 spiro atoms. The lowest BCUT2D eigenvalue weighted by molar-refractivity contribution is -0.136. The Hall–Kier alpha value is -1.98. The third-order valence-electron chi connectivity index (χ3n) is 4.50. The third-order valence-corrected chi connectivity index (χ3v) is 4.50. The second kappa shape index (κ2) is 5.58. The number of amides is 2. The van der Waals surface area contributed by atoms with Crippen LogP contribution in [0.5, 0.6) is 0 Å². The van der Waals surface area contributed by atoms with Crippen molar-refractivity contribution in [2.24, 2.45) is 0 Å². The van der Waals surface area contributed by atoms with Gasteiger partial charge in [-0.3, -0.25) is 4.90 Å². The lowest BCUT2D eigenvalue weighted by atomic mass is 9.74. The summed E-state index contributed by atoms with van der Waals surface area (Å²) in [6, 6.07) is 7.02. The lowest BCUT2D eigenvalue weighted by Gasteiger charge is -2.37. The van der Waals surface area contributed by atoms with Crippen LogP contribution in [0.25, 0.3) is 0 Å². The van der Waals surface area contributed by atoms with Gasteiger partial charge in [0.1, 0.15) is 12.1 Å². The van der Waals surface area contributed by atoms with E-state index in [1.807, 2.05) is 31.2 Å². The number of carbonyl (C=O) groups excluding carboxylic acids is 1. The first kappa shape index (κ1) is 15.9. The summed E-state index contributed by atoms with van der Waals surface area (Å²) in [6.07, 6.45) is 0.221. The van der Waals surface area contributed by atoms with E-state index >= 15 is 0 Å². The number of nitrogens with one attached hydrogen (secondary N) is 1. The zero-order chi connectivity index (χ0) is 16.7. The van der Waals surface area contributed by atoms with E-state index in [9.17, 15) is 18.0 Å². The van der Waals surface area contributed by atoms with Gasteiger partial charge in [-0.05, 0) is 36.8 Å². The van der Waals surface area contributed by atoms with Gasteiger partial charge in [-0.25, -0.2) is 4.79 Å². The Morgan fingerprint density at radius 1 is 1.35 bits per heavy atom. The molecular formula is C17H19F3N2O. The van der Waals surface area contributed by atoms with Gasteiger partial charge in [-0.2, -0.15) is 13.2 Å². The molecule has 3 rings (SSSR count). The summed E-state index contributed by atoms with van der Waals surface area (Å²) in [4.78, 5) is 13.1. The predicted molar refractivity (Wildman–Crippen MR) is 80.7 cm³/mol. The number of halogens is 3. The highest BCUT2D eigenvalue weighted by Gasteiger charge is 2.52. The SMILES string of the molecule is CC/C=C1\N(CC(F)(F)F)C(=O)NC12CCCc1ccccc12. The largest absolute Gasteiger partial charge is 0.406 e. The zero-order valence-electron chi connectivity index (χ0n) is 12.9. The molecule has 1 aliphatic heterocycles. The first-order chi connectivity index (χ1) is 10.9. The number of aryl methyl sites for hydroxylation is 1. The van der Waals surface area contributed by atoms with Gasteiger partial charge in [0, 0.05) is 5.70 Å². The molecule has 3 nitrogen and oxygen atoms in total. The topological polar surface area (TPSA) is 32.3 Å². The van der Waals surface area contributed by atoms with Gasteiger partial charge in [0.15, 0.2) is 0 Å². The fourth-order valence-electron chi connectivity index (χ4n) is 3.70. The van der Waals surface area contributed by atoms with E-state index in [1.165, 1.54) is 0 Å². The molecule has 1 aromatic rings. The maximum Gasteiger partial charge on any atom is 0.406 e. The first-order valence-corrected chi connectivity index (χ1v) is 7.83. The van der Waals surface area contributed by atoms with E-state index in [4.69, 9.17) is 0 Å². The maximum atomic E-state index is 12.9.